The van der Waals surface area contributed by atoms with Gasteiger partial charge in [-0.25, -0.2) is 4.39 Å². The molecule has 1 aromatic heterocycles. The van der Waals surface area contributed by atoms with E-state index in [2.05, 4.69) is 6.58 Å². The number of halogens is 1. The summed E-state index contributed by atoms with van der Waals surface area (Å²) in [6, 6.07) is 5.10. The van der Waals surface area contributed by atoms with Gasteiger partial charge in [0, 0.05) is 41.1 Å². The average molecular weight is 294 g/mol. The molecule has 20 heavy (non-hydrogen) atoms. The number of hydrogen-bond donors (Lipinski definition) is 2. The summed E-state index contributed by atoms with van der Waals surface area (Å²) in [5.41, 5.74) is 6.72. The highest BCUT2D eigenvalue weighted by Crippen LogP contribution is 2.33. The molecule has 1 heterocycles. The molecule has 0 aliphatic heterocycles. The van der Waals surface area contributed by atoms with Crippen molar-refractivity contribution >= 4 is 21.4 Å². The molecular formula is C15H19FN2OS. The molecule has 1 aromatic carbocycles. The van der Waals surface area contributed by atoms with Crippen molar-refractivity contribution in [1.82, 2.24) is 4.90 Å². The Hall–Kier alpha value is -1.27. The van der Waals surface area contributed by atoms with Gasteiger partial charge in [-0.15, -0.1) is 17.9 Å². The minimum Gasteiger partial charge on any atom is -0.395 e. The number of nitrogens with zero attached hydrogens (tertiary/aromatic N) is 1. The number of nitrogens with two attached hydrogens (primary N) is 1. The van der Waals surface area contributed by atoms with E-state index in [-0.39, 0.29) is 12.4 Å². The monoisotopic (exact) mass is 294 g/mol. The lowest BCUT2D eigenvalue weighted by molar-refractivity contribution is 0.203. The zero-order valence-corrected chi connectivity index (χ0v) is 12.1. The predicted molar refractivity (Wildman–Crippen MR) is 82.2 cm³/mol. The van der Waals surface area contributed by atoms with Gasteiger partial charge in [-0.3, -0.25) is 4.90 Å². The molecule has 0 unspecified atom stereocenters. The quantitative estimate of drug-likeness (QED) is 0.771. The van der Waals surface area contributed by atoms with Crippen LogP contribution in [0.15, 0.2) is 30.9 Å². The third-order valence-corrected chi connectivity index (χ3v) is 4.44. The van der Waals surface area contributed by atoms with Crippen LogP contribution in [0.2, 0.25) is 0 Å². The topological polar surface area (TPSA) is 49.5 Å². The van der Waals surface area contributed by atoms with Crippen LogP contribution in [0, 0.1) is 5.82 Å². The third kappa shape index (κ3) is 3.07. The first-order chi connectivity index (χ1) is 9.71. The molecule has 3 N–H and O–H groups in total. The van der Waals surface area contributed by atoms with E-state index < -0.39 is 0 Å². The summed E-state index contributed by atoms with van der Waals surface area (Å²) in [5, 5.41) is 9.77. The third-order valence-electron chi connectivity index (χ3n) is 3.22. The van der Waals surface area contributed by atoms with Crippen molar-refractivity contribution in [3.8, 4) is 0 Å². The molecule has 0 amide bonds. The molecule has 0 saturated carbocycles. The lowest BCUT2D eigenvalue weighted by atomic mass is 10.1. The van der Waals surface area contributed by atoms with Gasteiger partial charge in [0.2, 0.25) is 0 Å². The standard InChI is InChI=1S/C15H19FN2OS/c1-2-6-18(7-8-19)10-11-14(9-17)20-13-5-3-4-12(16)15(11)13/h2-5,19H,1,6-10,17H2. The summed E-state index contributed by atoms with van der Waals surface area (Å²) < 4.78 is 15.0. The Morgan fingerprint density at radius 1 is 1.45 bits per heavy atom. The number of aliphatic hydroxyl groups is 1. The maximum Gasteiger partial charge on any atom is 0.132 e. The molecule has 0 saturated heterocycles. The van der Waals surface area contributed by atoms with Crippen LogP contribution in [0.1, 0.15) is 10.4 Å². The predicted octanol–water partition coefficient (Wildman–Crippen LogP) is 2.48. The Morgan fingerprint density at radius 2 is 2.25 bits per heavy atom. The zero-order valence-electron chi connectivity index (χ0n) is 11.3. The maximum absolute atomic E-state index is 14.1. The van der Waals surface area contributed by atoms with Crippen LogP contribution in [-0.4, -0.2) is 29.7 Å². The lowest BCUT2D eigenvalue weighted by Crippen LogP contribution is -2.27. The number of fused-ring (bicyclic) bond motifs is 1. The van der Waals surface area contributed by atoms with Crippen molar-refractivity contribution in [2.75, 3.05) is 19.7 Å². The minimum absolute atomic E-state index is 0.0658. The fraction of sp³-hybridized carbons (Fsp3) is 0.333. The van der Waals surface area contributed by atoms with E-state index >= 15 is 0 Å². The summed E-state index contributed by atoms with van der Waals surface area (Å²) in [5.74, 6) is -0.212. The highest BCUT2D eigenvalue weighted by atomic mass is 32.1. The van der Waals surface area contributed by atoms with Gasteiger partial charge in [-0.1, -0.05) is 12.1 Å². The van der Waals surface area contributed by atoms with E-state index in [1.54, 1.807) is 12.1 Å². The van der Waals surface area contributed by atoms with Crippen LogP contribution in [-0.2, 0) is 13.1 Å². The van der Waals surface area contributed by atoms with Crippen LogP contribution in [0.4, 0.5) is 4.39 Å². The highest BCUT2D eigenvalue weighted by Gasteiger charge is 2.16. The molecule has 0 fully saturated rings. The fourth-order valence-electron chi connectivity index (χ4n) is 2.33. The first kappa shape index (κ1) is 15.1. The molecule has 0 atom stereocenters. The van der Waals surface area contributed by atoms with Crippen LogP contribution in [0.3, 0.4) is 0 Å². The van der Waals surface area contributed by atoms with Gasteiger partial charge in [-0.2, -0.15) is 0 Å². The Bertz CT molecular complexity index is 597. The Morgan fingerprint density at radius 3 is 2.90 bits per heavy atom. The van der Waals surface area contributed by atoms with Crippen molar-refractivity contribution in [2.45, 2.75) is 13.1 Å². The van der Waals surface area contributed by atoms with E-state index in [1.165, 1.54) is 17.4 Å². The van der Waals surface area contributed by atoms with Crippen molar-refractivity contribution in [2.24, 2.45) is 5.73 Å². The number of hydrogen-bond acceptors (Lipinski definition) is 4. The number of rotatable bonds is 7. The SMILES string of the molecule is C=CCN(CCO)Cc1c(CN)sc2cccc(F)c12. The van der Waals surface area contributed by atoms with Gasteiger partial charge >= 0.3 is 0 Å². The smallest absolute Gasteiger partial charge is 0.132 e. The first-order valence-electron chi connectivity index (χ1n) is 6.54. The van der Waals surface area contributed by atoms with E-state index in [0.717, 1.165) is 15.1 Å². The Labute approximate surface area is 122 Å². The average Bonchev–Trinajstić information content (AvgIpc) is 2.79. The van der Waals surface area contributed by atoms with Gasteiger partial charge in [0.25, 0.3) is 0 Å². The zero-order chi connectivity index (χ0) is 14.5. The lowest BCUT2D eigenvalue weighted by Gasteiger charge is -2.20. The fourth-order valence-corrected chi connectivity index (χ4v) is 3.44. The highest BCUT2D eigenvalue weighted by molar-refractivity contribution is 7.19. The van der Waals surface area contributed by atoms with Crippen LogP contribution in [0.5, 0.6) is 0 Å². The second-order valence-electron chi connectivity index (χ2n) is 4.57. The van der Waals surface area contributed by atoms with Gasteiger partial charge in [-0.05, 0) is 17.7 Å². The second-order valence-corrected chi connectivity index (χ2v) is 5.71. The van der Waals surface area contributed by atoms with Crippen LogP contribution in [0.25, 0.3) is 10.1 Å². The molecule has 0 radical (unpaired) electrons. The molecule has 0 aliphatic carbocycles. The molecule has 0 aliphatic rings. The number of benzene rings is 1. The first-order valence-corrected chi connectivity index (χ1v) is 7.35. The van der Waals surface area contributed by atoms with Crippen LogP contribution < -0.4 is 5.73 Å². The summed E-state index contributed by atoms with van der Waals surface area (Å²) in [6.07, 6.45) is 1.78. The van der Waals surface area contributed by atoms with E-state index in [9.17, 15) is 4.39 Å². The normalized spacial score (nSPS) is 11.4. The van der Waals surface area contributed by atoms with E-state index in [1.807, 2.05) is 11.0 Å². The Kier molecular flexibility index (Phi) is 5.25. The van der Waals surface area contributed by atoms with Crippen molar-refractivity contribution < 1.29 is 9.50 Å². The van der Waals surface area contributed by atoms with Crippen molar-refractivity contribution in [3.05, 3.63) is 47.1 Å². The molecule has 108 valence electrons. The van der Waals surface area contributed by atoms with E-state index in [0.29, 0.717) is 31.6 Å². The van der Waals surface area contributed by atoms with Crippen molar-refractivity contribution in [1.29, 1.82) is 0 Å². The number of thiophene rings is 1. The van der Waals surface area contributed by atoms with Gasteiger partial charge in [0.15, 0.2) is 0 Å². The van der Waals surface area contributed by atoms with E-state index in [4.69, 9.17) is 10.8 Å². The molecule has 5 heteroatoms. The summed E-state index contributed by atoms with van der Waals surface area (Å²) in [7, 11) is 0. The largest absolute Gasteiger partial charge is 0.395 e. The van der Waals surface area contributed by atoms with Gasteiger partial charge < -0.3 is 10.8 Å². The van der Waals surface area contributed by atoms with Crippen molar-refractivity contribution in [3.63, 3.8) is 0 Å². The van der Waals surface area contributed by atoms with Gasteiger partial charge in [0.1, 0.15) is 5.82 Å². The summed E-state index contributed by atoms with van der Waals surface area (Å²) in [6.45, 7) is 5.93. The summed E-state index contributed by atoms with van der Waals surface area (Å²) >= 11 is 1.54. The Balaban J connectivity index is 2.42. The van der Waals surface area contributed by atoms with Crippen LogP contribution >= 0.6 is 11.3 Å². The molecule has 3 nitrogen and oxygen atoms in total. The number of aliphatic hydroxyl groups excluding tert-OH is 1. The molecular weight excluding hydrogens is 275 g/mol. The summed E-state index contributed by atoms with van der Waals surface area (Å²) in [4.78, 5) is 3.03. The maximum atomic E-state index is 14.1. The molecule has 0 spiro atoms. The molecule has 2 rings (SSSR count). The second kappa shape index (κ2) is 6.95. The van der Waals surface area contributed by atoms with Gasteiger partial charge in [0.05, 0.1) is 6.61 Å². The molecule has 0 bridgehead atoms. The minimum atomic E-state index is -0.212. The molecule has 2 aromatic rings.